The summed E-state index contributed by atoms with van der Waals surface area (Å²) in [5, 5.41) is 0. The molecule has 0 amide bonds. The zero-order chi connectivity index (χ0) is 19.4. The average Bonchev–Trinajstić information content (AvgIpc) is 2.68. The van der Waals surface area contributed by atoms with Crippen LogP contribution in [0.3, 0.4) is 0 Å². The van der Waals surface area contributed by atoms with Gasteiger partial charge in [-0.25, -0.2) is 4.39 Å². The van der Waals surface area contributed by atoms with Gasteiger partial charge in [0.25, 0.3) is 0 Å². The Labute approximate surface area is 163 Å². The molecular weight excluding hydrogens is 339 g/mol. The van der Waals surface area contributed by atoms with E-state index in [0.717, 1.165) is 36.3 Å². The van der Waals surface area contributed by atoms with Gasteiger partial charge in [-0.2, -0.15) is 0 Å². The molecule has 2 unspecified atom stereocenters. The first kappa shape index (κ1) is 20.4. The molecule has 150 valence electrons. The minimum Gasteiger partial charge on any atom is -0.423 e. The number of hydrogen-bond donors (Lipinski definition) is 0. The summed E-state index contributed by atoms with van der Waals surface area (Å²) in [5.41, 5.74) is 1.63. The van der Waals surface area contributed by atoms with Crippen LogP contribution in [-0.4, -0.2) is 5.97 Å². The molecule has 2 atom stereocenters. The van der Waals surface area contributed by atoms with Crippen molar-refractivity contribution in [1.29, 1.82) is 0 Å². The van der Waals surface area contributed by atoms with Crippen LogP contribution in [0.25, 0.3) is 0 Å². The van der Waals surface area contributed by atoms with Crippen LogP contribution in [0.4, 0.5) is 4.39 Å². The van der Waals surface area contributed by atoms with Gasteiger partial charge >= 0.3 is 5.97 Å². The van der Waals surface area contributed by atoms with Gasteiger partial charge in [0.15, 0.2) is 11.6 Å². The number of ether oxygens (including phenoxy) is 1. The van der Waals surface area contributed by atoms with Crippen molar-refractivity contribution < 1.29 is 13.9 Å². The maximum absolute atomic E-state index is 15.4. The first-order chi connectivity index (χ1) is 13.1. The lowest BCUT2D eigenvalue weighted by Crippen LogP contribution is -2.28. The molecule has 0 bridgehead atoms. The van der Waals surface area contributed by atoms with Crippen LogP contribution in [-0.2, 0) is 11.2 Å². The first-order valence-electron chi connectivity index (χ1n) is 11.1. The summed E-state index contributed by atoms with van der Waals surface area (Å²) in [6, 6.07) is 3.99. The second-order valence-corrected chi connectivity index (χ2v) is 8.65. The van der Waals surface area contributed by atoms with Crippen LogP contribution >= 0.6 is 0 Å². The molecule has 1 aromatic rings. The molecular formula is C24H35FO2. The largest absolute Gasteiger partial charge is 0.423 e. The fourth-order valence-electron chi connectivity index (χ4n) is 5.26. The third kappa shape index (κ3) is 4.38. The number of esters is 1. The van der Waals surface area contributed by atoms with Crippen LogP contribution in [0, 0.1) is 23.6 Å². The van der Waals surface area contributed by atoms with Gasteiger partial charge in [-0.05, 0) is 61.0 Å². The summed E-state index contributed by atoms with van der Waals surface area (Å²) >= 11 is 0. The van der Waals surface area contributed by atoms with Crippen molar-refractivity contribution in [2.75, 3.05) is 0 Å². The van der Waals surface area contributed by atoms with Crippen molar-refractivity contribution in [3.05, 3.63) is 29.1 Å². The first-order valence-corrected chi connectivity index (χ1v) is 11.1. The van der Waals surface area contributed by atoms with Gasteiger partial charge < -0.3 is 4.74 Å². The topological polar surface area (TPSA) is 26.3 Å². The van der Waals surface area contributed by atoms with Gasteiger partial charge in [-0.15, -0.1) is 0 Å². The fourth-order valence-corrected chi connectivity index (χ4v) is 5.26. The van der Waals surface area contributed by atoms with Crippen LogP contribution < -0.4 is 4.74 Å². The number of halogens is 1. The number of carbonyl (C=O) groups is 1. The predicted molar refractivity (Wildman–Crippen MR) is 108 cm³/mol. The average molecular weight is 375 g/mol. The van der Waals surface area contributed by atoms with Crippen molar-refractivity contribution in [3.63, 3.8) is 0 Å². The number of fused-ring (bicyclic) bond motifs is 1. The van der Waals surface area contributed by atoms with Gasteiger partial charge in [0.1, 0.15) is 0 Å². The van der Waals surface area contributed by atoms with Crippen LogP contribution in [0.15, 0.2) is 12.1 Å². The summed E-state index contributed by atoms with van der Waals surface area (Å²) in [4.78, 5) is 12.2. The number of benzene rings is 1. The zero-order valence-electron chi connectivity index (χ0n) is 17.2. The summed E-state index contributed by atoms with van der Waals surface area (Å²) in [7, 11) is 0. The second-order valence-electron chi connectivity index (χ2n) is 8.65. The Morgan fingerprint density at radius 3 is 2.48 bits per heavy atom. The van der Waals surface area contributed by atoms with E-state index in [-0.39, 0.29) is 29.4 Å². The lowest BCUT2D eigenvalue weighted by Gasteiger charge is -2.35. The normalized spacial score (nSPS) is 26.4. The maximum Gasteiger partial charge on any atom is 0.314 e. The van der Waals surface area contributed by atoms with E-state index in [2.05, 4.69) is 13.8 Å². The van der Waals surface area contributed by atoms with E-state index in [9.17, 15) is 4.79 Å². The Kier molecular flexibility index (Phi) is 6.94. The Balaban J connectivity index is 1.82. The van der Waals surface area contributed by atoms with E-state index < -0.39 is 0 Å². The minimum atomic E-state index is -0.274. The Hall–Kier alpha value is -1.38. The van der Waals surface area contributed by atoms with E-state index in [1.54, 1.807) is 0 Å². The van der Waals surface area contributed by atoms with Gasteiger partial charge in [-0.3, -0.25) is 4.79 Å². The summed E-state index contributed by atoms with van der Waals surface area (Å²) in [5.74, 6) is 1.18. The van der Waals surface area contributed by atoms with E-state index in [1.165, 1.54) is 38.5 Å². The molecule has 1 aromatic carbocycles. The third-order valence-electron chi connectivity index (χ3n) is 6.86. The molecule has 27 heavy (non-hydrogen) atoms. The Bertz CT molecular complexity index is 646. The molecule has 1 aliphatic carbocycles. The highest BCUT2D eigenvalue weighted by Gasteiger charge is 2.34. The lowest BCUT2D eigenvalue weighted by atomic mass is 9.71. The van der Waals surface area contributed by atoms with Crippen molar-refractivity contribution in [3.8, 4) is 5.75 Å². The molecule has 1 saturated carbocycles. The van der Waals surface area contributed by atoms with Gasteiger partial charge in [0, 0.05) is 0 Å². The molecule has 3 heteroatoms. The van der Waals surface area contributed by atoms with E-state index in [0.29, 0.717) is 12.3 Å². The highest BCUT2D eigenvalue weighted by atomic mass is 19.1. The standard InChI is InChI=1S/C24H35FO2/c1-4-7-16-9-11-18(12-10-16)20(8-5-2)21-14-13-19-15-17(6-3)24(26)27-23(19)22(21)25/h13-14,16-18,20H,4-12,15H2,1-3H3. The highest BCUT2D eigenvalue weighted by Crippen LogP contribution is 2.44. The van der Waals surface area contributed by atoms with Crippen molar-refractivity contribution >= 4 is 5.97 Å². The van der Waals surface area contributed by atoms with Gasteiger partial charge in [0.05, 0.1) is 5.92 Å². The molecule has 3 rings (SSSR count). The minimum absolute atomic E-state index is 0.136. The number of carbonyl (C=O) groups excluding carboxylic acids is 1. The number of hydrogen-bond acceptors (Lipinski definition) is 2. The molecule has 2 nitrogen and oxygen atoms in total. The predicted octanol–water partition coefficient (Wildman–Crippen LogP) is 6.80. The molecule has 0 spiro atoms. The zero-order valence-corrected chi connectivity index (χ0v) is 17.2. The molecule has 1 fully saturated rings. The molecule has 1 heterocycles. The Morgan fingerprint density at radius 2 is 1.85 bits per heavy atom. The summed E-state index contributed by atoms with van der Waals surface area (Å²) in [6.07, 6.45) is 10.9. The molecule has 0 N–H and O–H groups in total. The third-order valence-corrected chi connectivity index (χ3v) is 6.86. The SMILES string of the molecule is CCCC1CCC(C(CCC)c2ccc3c(c2F)OC(=O)C(CC)C3)CC1. The quantitative estimate of drug-likeness (QED) is 0.387. The maximum atomic E-state index is 15.4. The van der Waals surface area contributed by atoms with Crippen molar-refractivity contribution in [2.45, 2.75) is 90.9 Å². The number of rotatable bonds is 7. The Morgan fingerprint density at radius 1 is 1.11 bits per heavy atom. The highest BCUT2D eigenvalue weighted by molar-refractivity contribution is 5.78. The van der Waals surface area contributed by atoms with Crippen molar-refractivity contribution in [2.24, 2.45) is 17.8 Å². The van der Waals surface area contributed by atoms with Gasteiger partial charge in [0.2, 0.25) is 0 Å². The summed E-state index contributed by atoms with van der Waals surface area (Å²) < 4.78 is 20.9. The second kappa shape index (κ2) is 9.21. The smallest absolute Gasteiger partial charge is 0.314 e. The molecule has 1 aliphatic heterocycles. The van der Waals surface area contributed by atoms with E-state index >= 15 is 4.39 Å². The van der Waals surface area contributed by atoms with Crippen LogP contribution in [0.2, 0.25) is 0 Å². The fraction of sp³-hybridized carbons (Fsp3) is 0.708. The van der Waals surface area contributed by atoms with Gasteiger partial charge in [-0.1, -0.05) is 65.0 Å². The van der Waals surface area contributed by atoms with Crippen LogP contribution in [0.5, 0.6) is 5.75 Å². The van der Waals surface area contributed by atoms with E-state index in [4.69, 9.17) is 4.74 Å². The molecule has 0 radical (unpaired) electrons. The molecule has 2 aliphatic rings. The van der Waals surface area contributed by atoms with Crippen LogP contribution in [0.1, 0.15) is 95.6 Å². The molecule has 0 saturated heterocycles. The van der Waals surface area contributed by atoms with Crippen molar-refractivity contribution in [1.82, 2.24) is 0 Å². The lowest BCUT2D eigenvalue weighted by molar-refractivity contribution is -0.140. The van der Waals surface area contributed by atoms with E-state index in [1.807, 2.05) is 19.1 Å². The monoisotopic (exact) mass is 374 g/mol. The summed E-state index contributed by atoms with van der Waals surface area (Å²) in [6.45, 7) is 6.42. The molecule has 0 aromatic heterocycles.